The standard InChI is InChI=1S/C15H16N6O3S/c1-3-20-6-10(9(2)18-20)12-8-25-15(16-12)17-13(22)7-21-5-4-11(19-21)14(23)24/h4-6,8H,3,7H2,1-2H3,(H,23,24)(H,16,17,22). The molecule has 0 aliphatic rings. The second kappa shape index (κ2) is 6.85. The molecule has 0 unspecified atom stereocenters. The molecule has 3 rings (SSSR count). The Balaban J connectivity index is 1.67. The number of hydrogen-bond acceptors (Lipinski definition) is 6. The van der Waals surface area contributed by atoms with Crippen molar-refractivity contribution < 1.29 is 14.7 Å². The lowest BCUT2D eigenvalue weighted by Gasteiger charge is -2.01. The molecule has 0 aliphatic carbocycles. The summed E-state index contributed by atoms with van der Waals surface area (Å²) in [5.41, 5.74) is 2.46. The molecule has 0 bridgehead atoms. The minimum atomic E-state index is -1.13. The van der Waals surface area contributed by atoms with Crippen LogP contribution in [0.2, 0.25) is 0 Å². The predicted octanol–water partition coefficient (Wildman–Crippen LogP) is 1.87. The second-order valence-corrected chi connectivity index (χ2v) is 6.13. The minimum absolute atomic E-state index is 0.0883. The molecule has 130 valence electrons. The molecule has 0 saturated heterocycles. The van der Waals surface area contributed by atoms with Crippen molar-refractivity contribution in [3.63, 3.8) is 0 Å². The van der Waals surface area contributed by atoms with Gasteiger partial charge in [-0.2, -0.15) is 10.2 Å². The number of carboxylic acids is 1. The van der Waals surface area contributed by atoms with Gasteiger partial charge in [-0.25, -0.2) is 9.78 Å². The van der Waals surface area contributed by atoms with Crippen LogP contribution in [0.5, 0.6) is 0 Å². The summed E-state index contributed by atoms with van der Waals surface area (Å²) in [5.74, 6) is -1.46. The van der Waals surface area contributed by atoms with Crippen molar-refractivity contribution in [3.8, 4) is 11.3 Å². The zero-order valence-electron chi connectivity index (χ0n) is 13.6. The number of aromatic nitrogens is 5. The third kappa shape index (κ3) is 3.74. The molecule has 0 spiro atoms. The molecule has 2 N–H and O–H groups in total. The van der Waals surface area contributed by atoms with Gasteiger partial charge in [0.2, 0.25) is 5.91 Å². The minimum Gasteiger partial charge on any atom is -0.476 e. The monoisotopic (exact) mass is 360 g/mol. The molecule has 25 heavy (non-hydrogen) atoms. The Morgan fingerprint density at radius 3 is 2.76 bits per heavy atom. The van der Waals surface area contributed by atoms with Gasteiger partial charge in [0.25, 0.3) is 0 Å². The van der Waals surface area contributed by atoms with Gasteiger partial charge in [0.05, 0.1) is 11.4 Å². The van der Waals surface area contributed by atoms with Gasteiger partial charge in [0.1, 0.15) is 6.54 Å². The molecule has 0 fully saturated rings. The van der Waals surface area contributed by atoms with Crippen LogP contribution in [-0.4, -0.2) is 41.5 Å². The van der Waals surface area contributed by atoms with Crippen LogP contribution < -0.4 is 5.32 Å². The van der Waals surface area contributed by atoms with E-state index in [0.29, 0.717) is 5.13 Å². The Kier molecular flexibility index (Phi) is 4.61. The van der Waals surface area contributed by atoms with Crippen molar-refractivity contribution in [3.05, 3.63) is 35.2 Å². The smallest absolute Gasteiger partial charge is 0.356 e. The number of amides is 1. The summed E-state index contributed by atoms with van der Waals surface area (Å²) >= 11 is 1.32. The Labute approximate surface area is 146 Å². The van der Waals surface area contributed by atoms with Crippen LogP contribution in [0.15, 0.2) is 23.8 Å². The van der Waals surface area contributed by atoms with E-state index >= 15 is 0 Å². The lowest BCUT2D eigenvalue weighted by atomic mass is 10.2. The number of anilines is 1. The molecule has 3 aromatic rings. The third-order valence-corrected chi connectivity index (χ3v) is 4.22. The van der Waals surface area contributed by atoms with Gasteiger partial charge in [-0.15, -0.1) is 11.3 Å². The topological polar surface area (TPSA) is 115 Å². The van der Waals surface area contributed by atoms with Crippen LogP contribution in [0, 0.1) is 6.92 Å². The summed E-state index contributed by atoms with van der Waals surface area (Å²) in [6, 6.07) is 1.34. The van der Waals surface area contributed by atoms with E-state index in [1.807, 2.05) is 30.1 Å². The number of carbonyl (C=O) groups is 2. The highest BCUT2D eigenvalue weighted by Gasteiger charge is 2.13. The number of rotatable bonds is 6. The Morgan fingerprint density at radius 2 is 2.12 bits per heavy atom. The van der Waals surface area contributed by atoms with E-state index in [2.05, 4.69) is 20.5 Å². The van der Waals surface area contributed by atoms with Gasteiger partial charge in [0.15, 0.2) is 10.8 Å². The van der Waals surface area contributed by atoms with Crippen molar-refractivity contribution in [1.82, 2.24) is 24.5 Å². The molecule has 3 aromatic heterocycles. The van der Waals surface area contributed by atoms with E-state index in [4.69, 9.17) is 5.11 Å². The highest BCUT2D eigenvalue weighted by molar-refractivity contribution is 7.14. The van der Waals surface area contributed by atoms with Crippen LogP contribution in [0.25, 0.3) is 11.3 Å². The van der Waals surface area contributed by atoms with E-state index in [1.165, 1.54) is 28.3 Å². The van der Waals surface area contributed by atoms with Gasteiger partial charge < -0.3 is 10.4 Å². The fourth-order valence-corrected chi connectivity index (χ4v) is 2.98. The molecule has 0 aromatic carbocycles. The van der Waals surface area contributed by atoms with Gasteiger partial charge in [-0.3, -0.25) is 14.2 Å². The molecule has 0 aliphatic heterocycles. The average molecular weight is 360 g/mol. The summed E-state index contributed by atoms with van der Waals surface area (Å²) in [6.45, 7) is 4.61. The van der Waals surface area contributed by atoms with Gasteiger partial charge >= 0.3 is 5.97 Å². The highest BCUT2D eigenvalue weighted by atomic mass is 32.1. The molecular weight excluding hydrogens is 344 g/mol. The summed E-state index contributed by atoms with van der Waals surface area (Å²) < 4.78 is 3.10. The van der Waals surface area contributed by atoms with E-state index in [9.17, 15) is 9.59 Å². The molecule has 3 heterocycles. The molecule has 10 heteroatoms. The van der Waals surface area contributed by atoms with Crippen molar-refractivity contribution in [2.75, 3.05) is 5.32 Å². The van der Waals surface area contributed by atoms with Crippen molar-refractivity contribution in [2.24, 2.45) is 0 Å². The summed E-state index contributed by atoms with van der Waals surface area (Å²) in [6.07, 6.45) is 3.37. The van der Waals surface area contributed by atoms with Crippen molar-refractivity contribution >= 4 is 28.3 Å². The zero-order chi connectivity index (χ0) is 18.0. The van der Waals surface area contributed by atoms with E-state index < -0.39 is 5.97 Å². The number of nitrogens with one attached hydrogen (secondary N) is 1. The Hall–Kier alpha value is -3.01. The van der Waals surface area contributed by atoms with Crippen LogP contribution >= 0.6 is 11.3 Å². The van der Waals surface area contributed by atoms with E-state index in [-0.39, 0.29) is 18.1 Å². The fraction of sp³-hybridized carbons (Fsp3) is 0.267. The number of nitrogens with zero attached hydrogens (tertiary/aromatic N) is 5. The first kappa shape index (κ1) is 16.8. The largest absolute Gasteiger partial charge is 0.476 e. The van der Waals surface area contributed by atoms with Crippen LogP contribution in [0.4, 0.5) is 5.13 Å². The lowest BCUT2D eigenvalue weighted by Crippen LogP contribution is -2.19. The molecule has 1 amide bonds. The van der Waals surface area contributed by atoms with E-state index in [1.54, 1.807) is 0 Å². The fourth-order valence-electron chi connectivity index (χ4n) is 2.26. The molecule has 0 radical (unpaired) electrons. The van der Waals surface area contributed by atoms with E-state index in [0.717, 1.165) is 23.5 Å². The van der Waals surface area contributed by atoms with Crippen LogP contribution in [0.3, 0.4) is 0 Å². The lowest BCUT2D eigenvalue weighted by molar-refractivity contribution is -0.116. The maximum Gasteiger partial charge on any atom is 0.356 e. The van der Waals surface area contributed by atoms with Crippen LogP contribution in [-0.2, 0) is 17.9 Å². The van der Waals surface area contributed by atoms with Crippen LogP contribution in [0.1, 0.15) is 23.1 Å². The summed E-state index contributed by atoms with van der Waals surface area (Å²) in [5, 5.41) is 22.0. The normalized spacial score (nSPS) is 10.8. The third-order valence-electron chi connectivity index (χ3n) is 3.46. The second-order valence-electron chi connectivity index (χ2n) is 5.27. The molecule has 9 nitrogen and oxygen atoms in total. The van der Waals surface area contributed by atoms with Gasteiger partial charge in [-0.1, -0.05) is 0 Å². The quantitative estimate of drug-likeness (QED) is 0.693. The molecular formula is C15H16N6O3S. The first-order chi connectivity index (χ1) is 12.0. The number of hydrogen-bond donors (Lipinski definition) is 2. The SMILES string of the molecule is CCn1cc(-c2csc(NC(=O)Cn3ccc(C(=O)O)n3)n2)c(C)n1. The maximum atomic E-state index is 12.1. The van der Waals surface area contributed by atoms with Crippen molar-refractivity contribution in [1.29, 1.82) is 0 Å². The zero-order valence-corrected chi connectivity index (χ0v) is 14.4. The number of aryl methyl sites for hydroxylation is 2. The first-order valence-electron chi connectivity index (χ1n) is 7.52. The molecule has 0 atom stereocenters. The number of thiazole rings is 1. The number of carboxylic acid groups (broad SMARTS) is 1. The Morgan fingerprint density at radius 1 is 1.32 bits per heavy atom. The van der Waals surface area contributed by atoms with Gasteiger partial charge in [0, 0.05) is 29.9 Å². The maximum absolute atomic E-state index is 12.1. The summed E-state index contributed by atoms with van der Waals surface area (Å²) in [7, 11) is 0. The number of carbonyl (C=O) groups excluding carboxylic acids is 1. The Bertz CT molecular complexity index is 925. The molecule has 0 saturated carbocycles. The van der Waals surface area contributed by atoms with Gasteiger partial charge in [-0.05, 0) is 19.9 Å². The predicted molar refractivity (Wildman–Crippen MR) is 91.6 cm³/mol. The van der Waals surface area contributed by atoms with Crippen molar-refractivity contribution in [2.45, 2.75) is 26.9 Å². The highest BCUT2D eigenvalue weighted by Crippen LogP contribution is 2.26. The number of aromatic carboxylic acids is 1. The first-order valence-corrected chi connectivity index (χ1v) is 8.40. The average Bonchev–Trinajstić information content (AvgIpc) is 3.27. The summed E-state index contributed by atoms with van der Waals surface area (Å²) in [4.78, 5) is 27.3.